The summed E-state index contributed by atoms with van der Waals surface area (Å²) >= 11 is 1.26. The summed E-state index contributed by atoms with van der Waals surface area (Å²) < 4.78 is 14.4. The van der Waals surface area contributed by atoms with Gasteiger partial charge in [0.15, 0.2) is 5.82 Å². The van der Waals surface area contributed by atoms with E-state index in [-0.39, 0.29) is 17.0 Å². The van der Waals surface area contributed by atoms with Crippen LogP contribution in [0, 0.1) is 11.7 Å². The van der Waals surface area contributed by atoms with Gasteiger partial charge in [0, 0.05) is 12.1 Å². The van der Waals surface area contributed by atoms with Crippen molar-refractivity contribution in [3.05, 3.63) is 30.1 Å². The van der Waals surface area contributed by atoms with Gasteiger partial charge in [0.2, 0.25) is 11.1 Å². The number of hydrogen-bond donors (Lipinski definition) is 2. The zero-order valence-electron chi connectivity index (χ0n) is 14.8. The molecule has 0 bridgehead atoms. The van der Waals surface area contributed by atoms with Crippen LogP contribution in [0.5, 0.6) is 0 Å². The number of nitrogen functional groups attached to an aromatic ring is 1. The van der Waals surface area contributed by atoms with Gasteiger partial charge in [-0.25, -0.2) is 9.07 Å². The zero-order chi connectivity index (χ0) is 18.5. The maximum atomic E-state index is 13.1. The van der Waals surface area contributed by atoms with Gasteiger partial charge in [-0.3, -0.25) is 4.79 Å². The number of aromatic nitrogens is 3. The van der Waals surface area contributed by atoms with Crippen LogP contribution in [0.25, 0.3) is 11.4 Å². The summed E-state index contributed by atoms with van der Waals surface area (Å²) in [6.45, 7) is 2.56. The van der Waals surface area contributed by atoms with E-state index in [1.54, 1.807) is 12.1 Å². The number of nitrogens with one attached hydrogen (secondary N) is 1. The van der Waals surface area contributed by atoms with E-state index in [1.165, 1.54) is 60.7 Å². The van der Waals surface area contributed by atoms with Gasteiger partial charge in [-0.1, -0.05) is 31.0 Å². The molecule has 1 aliphatic carbocycles. The molecule has 6 nitrogen and oxygen atoms in total. The normalized spacial score (nSPS) is 16.4. The van der Waals surface area contributed by atoms with Crippen molar-refractivity contribution in [1.29, 1.82) is 0 Å². The molecular weight excluding hydrogens is 353 g/mol. The molecule has 26 heavy (non-hydrogen) atoms. The largest absolute Gasteiger partial charge is 0.355 e. The van der Waals surface area contributed by atoms with Gasteiger partial charge in [0.25, 0.3) is 0 Å². The van der Waals surface area contributed by atoms with Gasteiger partial charge >= 0.3 is 0 Å². The highest BCUT2D eigenvalue weighted by Crippen LogP contribution is 2.26. The Bertz CT molecular complexity index is 743. The summed E-state index contributed by atoms with van der Waals surface area (Å²) in [5, 5.41) is 11.3. The summed E-state index contributed by atoms with van der Waals surface area (Å²) in [7, 11) is 0. The molecule has 140 valence electrons. The average molecular weight is 377 g/mol. The predicted molar refractivity (Wildman–Crippen MR) is 100 cm³/mol. The molecule has 1 aromatic heterocycles. The minimum Gasteiger partial charge on any atom is -0.355 e. The first kappa shape index (κ1) is 18.7. The van der Waals surface area contributed by atoms with Gasteiger partial charge in [-0.15, -0.1) is 10.2 Å². The second kappa shape index (κ2) is 8.53. The van der Waals surface area contributed by atoms with E-state index in [0.717, 1.165) is 6.54 Å². The molecular formula is C18H24FN5OS. The molecule has 1 atom stereocenters. The first-order chi connectivity index (χ1) is 12.5. The van der Waals surface area contributed by atoms with Gasteiger partial charge in [-0.05, 0) is 49.9 Å². The number of carbonyl (C=O) groups excluding carboxylic acids is 1. The number of carbonyl (C=O) groups is 1. The van der Waals surface area contributed by atoms with Crippen LogP contribution in [0.3, 0.4) is 0 Å². The van der Waals surface area contributed by atoms with Crippen LogP contribution in [-0.4, -0.2) is 32.6 Å². The smallest absolute Gasteiger partial charge is 0.233 e. The second-order valence-corrected chi connectivity index (χ2v) is 8.00. The quantitative estimate of drug-likeness (QED) is 0.597. The summed E-state index contributed by atoms with van der Waals surface area (Å²) in [5.41, 5.74) is 0.669. The van der Waals surface area contributed by atoms with Crippen LogP contribution in [0.1, 0.15) is 39.0 Å². The topological polar surface area (TPSA) is 85.8 Å². The predicted octanol–water partition coefficient (Wildman–Crippen LogP) is 2.98. The third-order valence-corrected chi connectivity index (χ3v) is 5.76. The Morgan fingerprint density at radius 1 is 1.31 bits per heavy atom. The summed E-state index contributed by atoms with van der Waals surface area (Å²) in [4.78, 5) is 12.3. The molecule has 2 aromatic rings. The minimum absolute atomic E-state index is 0.0214. The lowest BCUT2D eigenvalue weighted by atomic mass is 9.89. The van der Waals surface area contributed by atoms with Gasteiger partial charge in [0.1, 0.15) is 5.82 Å². The fourth-order valence-corrected chi connectivity index (χ4v) is 3.94. The molecule has 1 unspecified atom stereocenters. The first-order valence-electron chi connectivity index (χ1n) is 8.95. The third kappa shape index (κ3) is 4.55. The van der Waals surface area contributed by atoms with E-state index in [0.29, 0.717) is 22.5 Å². The number of hydrogen-bond acceptors (Lipinski definition) is 5. The molecule has 0 saturated heterocycles. The Hall–Kier alpha value is -2.09. The monoisotopic (exact) mass is 377 g/mol. The highest BCUT2D eigenvalue weighted by atomic mass is 32.2. The molecule has 0 spiro atoms. The molecule has 0 radical (unpaired) electrons. The number of amides is 1. The van der Waals surface area contributed by atoms with E-state index < -0.39 is 0 Å². The van der Waals surface area contributed by atoms with Gasteiger partial charge < -0.3 is 11.2 Å². The SMILES string of the molecule is CC(Sc1nnc(-c2ccc(F)cc2)n1N)C(=O)NCC1CCCCC1. The Labute approximate surface area is 156 Å². The molecule has 1 saturated carbocycles. The van der Waals surface area contributed by atoms with Gasteiger partial charge in [0.05, 0.1) is 5.25 Å². The van der Waals surface area contributed by atoms with Crippen molar-refractivity contribution in [2.24, 2.45) is 5.92 Å². The van der Waals surface area contributed by atoms with Crippen molar-refractivity contribution in [2.45, 2.75) is 49.4 Å². The van der Waals surface area contributed by atoms with Crippen molar-refractivity contribution in [2.75, 3.05) is 12.4 Å². The van der Waals surface area contributed by atoms with Crippen LogP contribution in [0.4, 0.5) is 4.39 Å². The fourth-order valence-electron chi connectivity index (χ4n) is 3.14. The Morgan fingerprint density at radius 3 is 2.69 bits per heavy atom. The molecule has 1 heterocycles. The highest BCUT2D eigenvalue weighted by molar-refractivity contribution is 8.00. The van der Waals surface area contributed by atoms with Crippen LogP contribution < -0.4 is 11.2 Å². The molecule has 1 amide bonds. The van der Waals surface area contributed by atoms with Crippen molar-refractivity contribution in [3.8, 4) is 11.4 Å². The van der Waals surface area contributed by atoms with Crippen molar-refractivity contribution in [1.82, 2.24) is 20.2 Å². The van der Waals surface area contributed by atoms with Crippen molar-refractivity contribution < 1.29 is 9.18 Å². The fraction of sp³-hybridized carbons (Fsp3) is 0.500. The van der Waals surface area contributed by atoms with Crippen molar-refractivity contribution in [3.63, 3.8) is 0 Å². The summed E-state index contributed by atoms with van der Waals surface area (Å²) in [5.74, 6) is 6.74. The number of thioether (sulfide) groups is 1. The first-order valence-corrected chi connectivity index (χ1v) is 9.83. The second-order valence-electron chi connectivity index (χ2n) is 6.69. The maximum absolute atomic E-state index is 13.1. The maximum Gasteiger partial charge on any atom is 0.233 e. The van der Waals surface area contributed by atoms with Gasteiger partial charge in [-0.2, -0.15) is 0 Å². The summed E-state index contributed by atoms with van der Waals surface area (Å²) in [6, 6.07) is 5.88. The van der Waals surface area contributed by atoms with Crippen molar-refractivity contribution >= 4 is 17.7 Å². The van der Waals surface area contributed by atoms with Crippen LogP contribution >= 0.6 is 11.8 Å². The number of rotatable bonds is 6. The number of nitrogens with two attached hydrogens (primary N) is 1. The summed E-state index contributed by atoms with van der Waals surface area (Å²) in [6.07, 6.45) is 6.21. The Kier molecular flexibility index (Phi) is 6.13. The highest BCUT2D eigenvalue weighted by Gasteiger charge is 2.21. The Morgan fingerprint density at radius 2 is 2.00 bits per heavy atom. The van der Waals surface area contributed by atoms with E-state index in [9.17, 15) is 9.18 Å². The molecule has 1 aromatic carbocycles. The lowest BCUT2D eigenvalue weighted by molar-refractivity contribution is -0.120. The zero-order valence-corrected chi connectivity index (χ0v) is 15.6. The van der Waals surface area contributed by atoms with E-state index in [1.807, 2.05) is 6.92 Å². The van der Waals surface area contributed by atoms with Crippen LogP contribution in [-0.2, 0) is 4.79 Å². The third-order valence-electron chi connectivity index (χ3n) is 4.71. The van der Waals surface area contributed by atoms with Crippen LogP contribution in [0.2, 0.25) is 0 Å². The Balaban J connectivity index is 1.57. The molecule has 0 aliphatic heterocycles. The number of nitrogens with zero attached hydrogens (tertiary/aromatic N) is 3. The minimum atomic E-state index is -0.328. The lowest BCUT2D eigenvalue weighted by Gasteiger charge is -2.22. The number of benzene rings is 1. The lowest BCUT2D eigenvalue weighted by Crippen LogP contribution is -2.35. The molecule has 1 fully saturated rings. The van der Waals surface area contributed by atoms with E-state index in [4.69, 9.17) is 5.84 Å². The standard InChI is InChI=1S/C18H24FN5OS/c1-12(17(25)21-11-13-5-3-2-4-6-13)26-18-23-22-16(24(18)20)14-7-9-15(19)10-8-14/h7-10,12-13H,2-6,11,20H2,1H3,(H,21,25). The van der Waals surface area contributed by atoms with E-state index in [2.05, 4.69) is 15.5 Å². The molecule has 3 rings (SSSR count). The van der Waals surface area contributed by atoms with E-state index >= 15 is 0 Å². The molecule has 8 heteroatoms. The number of halogens is 1. The molecule has 3 N–H and O–H groups in total. The molecule has 1 aliphatic rings. The average Bonchev–Trinajstić information content (AvgIpc) is 3.01. The van der Waals surface area contributed by atoms with Crippen LogP contribution in [0.15, 0.2) is 29.4 Å².